The second kappa shape index (κ2) is 6.16. The fourth-order valence-corrected chi connectivity index (χ4v) is 4.28. The third kappa shape index (κ3) is 2.44. The van der Waals surface area contributed by atoms with Crippen molar-refractivity contribution in [2.75, 3.05) is 20.8 Å². The minimum atomic E-state index is -2.39. The molecule has 0 aromatic heterocycles. The van der Waals surface area contributed by atoms with Crippen LogP contribution in [0.25, 0.3) is 0 Å². The van der Waals surface area contributed by atoms with Crippen molar-refractivity contribution in [1.29, 1.82) is 0 Å². The van der Waals surface area contributed by atoms with Gasteiger partial charge in [-0.1, -0.05) is 0 Å². The number of rotatable bonds is 3. The number of carbonyl (C=O) groups is 1. The van der Waals surface area contributed by atoms with E-state index in [2.05, 4.69) is 0 Å². The van der Waals surface area contributed by atoms with Crippen molar-refractivity contribution in [1.82, 2.24) is 0 Å². The highest BCUT2D eigenvalue weighted by Gasteiger charge is 2.68. The SMILES string of the molecule is COc1cc2c(cc1O)[C@H](c1cc(O)c(O)c(OC)c1)[C@@]1(O)C(=O)OC[C@]1(O)C2. The van der Waals surface area contributed by atoms with E-state index in [4.69, 9.17) is 14.2 Å². The number of benzene rings is 2. The van der Waals surface area contributed by atoms with Crippen molar-refractivity contribution in [3.63, 3.8) is 0 Å². The summed E-state index contributed by atoms with van der Waals surface area (Å²) in [4.78, 5) is 12.6. The number of cyclic esters (lactones) is 1. The number of hydrogen-bond acceptors (Lipinski definition) is 9. The van der Waals surface area contributed by atoms with Crippen LogP contribution in [0.5, 0.6) is 28.7 Å². The van der Waals surface area contributed by atoms with E-state index in [1.807, 2.05) is 0 Å². The lowest BCUT2D eigenvalue weighted by atomic mass is 9.62. The lowest BCUT2D eigenvalue weighted by molar-refractivity contribution is -0.168. The molecule has 0 saturated carbocycles. The molecular formula is C20H20O9. The van der Waals surface area contributed by atoms with Gasteiger partial charge < -0.3 is 39.7 Å². The first-order valence-electron chi connectivity index (χ1n) is 8.78. The van der Waals surface area contributed by atoms with Gasteiger partial charge in [-0.15, -0.1) is 0 Å². The quantitative estimate of drug-likeness (QED) is 0.365. The Morgan fingerprint density at radius 3 is 2.34 bits per heavy atom. The van der Waals surface area contributed by atoms with Crippen LogP contribution < -0.4 is 9.47 Å². The number of phenols is 3. The first-order chi connectivity index (χ1) is 13.7. The second-order valence-corrected chi connectivity index (χ2v) is 7.30. The molecule has 1 fully saturated rings. The minimum absolute atomic E-state index is 0.0941. The number of methoxy groups -OCH3 is 2. The monoisotopic (exact) mass is 404 g/mol. The topological polar surface area (TPSA) is 146 Å². The van der Waals surface area contributed by atoms with Gasteiger partial charge in [-0.3, -0.25) is 0 Å². The van der Waals surface area contributed by atoms with E-state index in [1.54, 1.807) is 0 Å². The molecule has 2 aliphatic rings. The normalized spacial score (nSPS) is 27.7. The Bertz CT molecular complexity index is 1020. The molecule has 154 valence electrons. The predicted octanol–water partition coefficient (Wildman–Crippen LogP) is 0.528. The summed E-state index contributed by atoms with van der Waals surface area (Å²) in [6, 6.07) is 5.33. The summed E-state index contributed by atoms with van der Waals surface area (Å²) >= 11 is 0. The van der Waals surface area contributed by atoms with E-state index in [9.17, 15) is 30.3 Å². The van der Waals surface area contributed by atoms with Gasteiger partial charge in [0.05, 0.1) is 20.1 Å². The minimum Gasteiger partial charge on any atom is -0.504 e. The molecule has 1 aliphatic carbocycles. The molecule has 0 bridgehead atoms. The molecule has 1 heterocycles. The largest absolute Gasteiger partial charge is 0.504 e. The van der Waals surface area contributed by atoms with Gasteiger partial charge in [-0.25, -0.2) is 4.79 Å². The number of carbonyl (C=O) groups excluding carboxylic acids is 1. The average Bonchev–Trinajstić information content (AvgIpc) is 2.91. The van der Waals surface area contributed by atoms with Crippen LogP contribution in [0.1, 0.15) is 22.6 Å². The fraction of sp³-hybridized carbons (Fsp3) is 0.350. The first kappa shape index (κ1) is 19.2. The summed E-state index contributed by atoms with van der Waals surface area (Å²) in [7, 11) is 2.65. The number of phenolic OH excluding ortho intramolecular Hbond substituents is 3. The van der Waals surface area contributed by atoms with E-state index in [-0.39, 0.29) is 29.2 Å². The Morgan fingerprint density at radius 2 is 1.69 bits per heavy atom. The van der Waals surface area contributed by atoms with Gasteiger partial charge in [0.2, 0.25) is 11.4 Å². The summed E-state index contributed by atoms with van der Waals surface area (Å²) in [5.41, 5.74) is -3.33. The lowest BCUT2D eigenvalue weighted by Crippen LogP contribution is -2.62. The summed E-state index contributed by atoms with van der Waals surface area (Å²) in [5, 5.41) is 52.9. The van der Waals surface area contributed by atoms with Crippen molar-refractivity contribution < 1.29 is 44.5 Å². The Kier molecular flexibility index (Phi) is 4.07. The molecule has 2 aromatic carbocycles. The van der Waals surface area contributed by atoms with Gasteiger partial charge in [0.1, 0.15) is 12.2 Å². The maximum atomic E-state index is 12.6. The third-order valence-corrected chi connectivity index (χ3v) is 5.75. The van der Waals surface area contributed by atoms with Crippen LogP contribution in [-0.4, -0.2) is 63.5 Å². The van der Waals surface area contributed by atoms with Crippen LogP contribution in [0.2, 0.25) is 0 Å². The third-order valence-electron chi connectivity index (χ3n) is 5.75. The molecule has 1 aliphatic heterocycles. The molecule has 5 N–H and O–H groups in total. The molecule has 1 saturated heterocycles. The molecule has 0 radical (unpaired) electrons. The molecular weight excluding hydrogens is 384 g/mol. The summed E-state index contributed by atoms with van der Waals surface area (Å²) in [6.45, 7) is -0.428. The number of aromatic hydroxyl groups is 3. The zero-order chi connectivity index (χ0) is 21.1. The van der Waals surface area contributed by atoms with E-state index >= 15 is 0 Å². The Labute approximate surface area is 165 Å². The number of fused-ring (bicyclic) bond motifs is 2. The molecule has 9 heteroatoms. The highest BCUT2D eigenvalue weighted by Crippen LogP contribution is 2.55. The van der Waals surface area contributed by atoms with Crippen molar-refractivity contribution in [3.05, 3.63) is 41.0 Å². The van der Waals surface area contributed by atoms with Crippen molar-refractivity contribution in [3.8, 4) is 28.7 Å². The van der Waals surface area contributed by atoms with Gasteiger partial charge in [-0.05, 0) is 41.0 Å². The van der Waals surface area contributed by atoms with Crippen LogP contribution in [0.15, 0.2) is 24.3 Å². The highest BCUT2D eigenvalue weighted by atomic mass is 16.6. The Morgan fingerprint density at radius 1 is 1.00 bits per heavy atom. The van der Waals surface area contributed by atoms with Crippen LogP contribution >= 0.6 is 0 Å². The molecule has 2 aromatic rings. The zero-order valence-corrected chi connectivity index (χ0v) is 15.7. The number of aliphatic hydroxyl groups is 2. The first-order valence-corrected chi connectivity index (χ1v) is 8.78. The number of ether oxygens (including phenoxy) is 3. The van der Waals surface area contributed by atoms with Crippen LogP contribution in [0, 0.1) is 0 Å². The molecule has 4 rings (SSSR count). The predicted molar refractivity (Wildman–Crippen MR) is 97.4 cm³/mol. The van der Waals surface area contributed by atoms with Crippen molar-refractivity contribution in [2.45, 2.75) is 23.5 Å². The standard InChI is InChI=1S/C20H20O9/c1-27-14-5-10-7-19(25)8-29-18(24)20(19,26)16(11(10)6-12(14)21)9-3-13(22)17(23)15(4-9)28-2/h3-6,16,21-23,25-26H,7-8H2,1-2H3/t16-,19+,20+/m0/s1. The van der Waals surface area contributed by atoms with E-state index < -0.39 is 41.2 Å². The molecule has 0 spiro atoms. The molecule has 9 nitrogen and oxygen atoms in total. The van der Waals surface area contributed by atoms with E-state index in [0.29, 0.717) is 11.1 Å². The van der Waals surface area contributed by atoms with Gasteiger partial charge in [-0.2, -0.15) is 0 Å². The fourth-order valence-electron chi connectivity index (χ4n) is 4.28. The maximum Gasteiger partial charge on any atom is 0.342 e. The van der Waals surface area contributed by atoms with Crippen LogP contribution in [0.3, 0.4) is 0 Å². The van der Waals surface area contributed by atoms with Gasteiger partial charge in [0.25, 0.3) is 0 Å². The summed E-state index contributed by atoms with van der Waals surface area (Å²) in [6.07, 6.45) is -0.126. The Balaban J connectivity index is 2.04. The smallest absolute Gasteiger partial charge is 0.342 e. The van der Waals surface area contributed by atoms with E-state index in [0.717, 1.165) is 6.07 Å². The number of esters is 1. The number of hydrogen-bond donors (Lipinski definition) is 5. The van der Waals surface area contributed by atoms with Gasteiger partial charge in [0.15, 0.2) is 23.0 Å². The molecule has 3 atom stereocenters. The second-order valence-electron chi connectivity index (χ2n) is 7.30. The van der Waals surface area contributed by atoms with Crippen molar-refractivity contribution >= 4 is 5.97 Å². The van der Waals surface area contributed by atoms with Crippen LogP contribution in [-0.2, 0) is 16.0 Å². The zero-order valence-electron chi connectivity index (χ0n) is 15.7. The maximum absolute atomic E-state index is 12.6. The van der Waals surface area contributed by atoms with Gasteiger partial charge in [0, 0.05) is 6.42 Å². The lowest BCUT2D eigenvalue weighted by Gasteiger charge is -2.44. The summed E-state index contributed by atoms with van der Waals surface area (Å²) in [5.74, 6) is -3.48. The van der Waals surface area contributed by atoms with Crippen molar-refractivity contribution in [2.24, 2.45) is 0 Å². The van der Waals surface area contributed by atoms with Gasteiger partial charge >= 0.3 is 5.97 Å². The molecule has 29 heavy (non-hydrogen) atoms. The van der Waals surface area contributed by atoms with E-state index in [1.165, 1.54) is 32.4 Å². The molecule has 0 unspecified atom stereocenters. The average molecular weight is 404 g/mol. The Hall–Kier alpha value is -3.17. The summed E-state index contributed by atoms with van der Waals surface area (Å²) < 4.78 is 15.2. The molecule has 0 amide bonds. The van der Waals surface area contributed by atoms with Crippen LogP contribution in [0.4, 0.5) is 0 Å². The highest BCUT2D eigenvalue weighted by molar-refractivity contribution is 5.87.